The van der Waals surface area contributed by atoms with Gasteiger partial charge in [-0.15, -0.1) is 11.8 Å². The van der Waals surface area contributed by atoms with Gasteiger partial charge in [0.1, 0.15) is 5.25 Å². The monoisotopic (exact) mass is 385 g/mol. The van der Waals surface area contributed by atoms with E-state index in [1.807, 2.05) is 0 Å². The number of carbonyl (C=O) groups excluding carboxylic acids is 2. The van der Waals surface area contributed by atoms with Crippen LogP contribution in [0.4, 0.5) is 0 Å². The van der Waals surface area contributed by atoms with E-state index in [-0.39, 0.29) is 17.1 Å². The first-order chi connectivity index (χ1) is 12.0. The average molecular weight is 386 g/mol. The van der Waals surface area contributed by atoms with Crippen LogP contribution in [0.2, 0.25) is 5.02 Å². The number of rotatable bonds is 5. The maximum Gasteiger partial charge on any atom is 0.320 e. The number of benzene rings is 1. The first-order valence-corrected chi connectivity index (χ1v) is 9.00. The Balaban J connectivity index is 2.09. The second-order valence-electron chi connectivity index (χ2n) is 5.24. The molecule has 6 nitrogen and oxygen atoms in total. The minimum atomic E-state index is -0.341. The predicted octanol–water partition coefficient (Wildman–Crippen LogP) is 2.49. The highest BCUT2D eigenvalue weighted by Crippen LogP contribution is 2.36. The van der Waals surface area contributed by atoms with Crippen molar-refractivity contribution in [3.8, 4) is 11.5 Å². The lowest BCUT2D eigenvalue weighted by Gasteiger charge is -2.30. The molecule has 1 amide bonds. The molecule has 0 bridgehead atoms. The Morgan fingerprint density at radius 3 is 2.68 bits per heavy atom. The number of amides is 1. The zero-order valence-electron chi connectivity index (χ0n) is 14.3. The molecule has 1 aliphatic heterocycles. The number of hydrogen-bond donors (Lipinski definition) is 0. The maximum atomic E-state index is 12.4. The molecule has 1 heterocycles. The van der Waals surface area contributed by atoms with Gasteiger partial charge >= 0.3 is 5.97 Å². The van der Waals surface area contributed by atoms with Crippen LogP contribution in [0.15, 0.2) is 18.2 Å². The van der Waals surface area contributed by atoms with Crippen LogP contribution >= 0.6 is 23.4 Å². The van der Waals surface area contributed by atoms with Crippen LogP contribution in [0.5, 0.6) is 11.5 Å². The van der Waals surface area contributed by atoms with Gasteiger partial charge in [0.25, 0.3) is 0 Å². The van der Waals surface area contributed by atoms with Crippen molar-refractivity contribution in [3.05, 3.63) is 28.8 Å². The Bertz CT molecular complexity index is 679. The van der Waals surface area contributed by atoms with Gasteiger partial charge in [0.05, 0.1) is 26.4 Å². The van der Waals surface area contributed by atoms with Crippen molar-refractivity contribution < 1.29 is 23.8 Å². The number of methoxy groups -OCH3 is 3. The highest BCUT2D eigenvalue weighted by molar-refractivity contribution is 8.00. The maximum absolute atomic E-state index is 12.4. The molecule has 0 spiro atoms. The minimum absolute atomic E-state index is 0.167. The van der Waals surface area contributed by atoms with Crippen LogP contribution in [0.1, 0.15) is 5.56 Å². The van der Waals surface area contributed by atoms with Gasteiger partial charge in [-0.2, -0.15) is 0 Å². The summed E-state index contributed by atoms with van der Waals surface area (Å²) in [5.41, 5.74) is 0.715. The molecule has 1 fully saturated rings. The Labute approximate surface area is 156 Å². The van der Waals surface area contributed by atoms with Crippen molar-refractivity contribution in [2.45, 2.75) is 5.25 Å². The standard InChI is InChI=1S/C17H20ClNO5S/c1-22-13-9-11(8-12(18)16(13)23-2)4-5-15(20)19-6-7-25-14(10-19)17(21)24-3/h4-5,8-9,14H,6-7,10H2,1-3H3/b5-4+/t14-/m0/s1. The number of esters is 1. The van der Waals surface area contributed by atoms with Gasteiger partial charge in [-0.1, -0.05) is 11.6 Å². The van der Waals surface area contributed by atoms with Gasteiger partial charge in [-0.05, 0) is 23.8 Å². The van der Waals surface area contributed by atoms with E-state index in [9.17, 15) is 9.59 Å². The summed E-state index contributed by atoms with van der Waals surface area (Å²) < 4.78 is 15.2. The van der Waals surface area contributed by atoms with Crippen molar-refractivity contribution in [1.29, 1.82) is 0 Å². The molecular formula is C17H20ClNO5S. The van der Waals surface area contributed by atoms with Gasteiger partial charge in [-0.3, -0.25) is 9.59 Å². The molecule has 0 radical (unpaired) electrons. The minimum Gasteiger partial charge on any atom is -0.493 e. The summed E-state index contributed by atoms with van der Waals surface area (Å²) >= 11 is 7.66. The summed E-state index contributed by atoms with van der Waals surface area (Å²) in [4.78, 5) is 25.7. The molecule has 8 heteroatoms. The van der Waals surface area contributed by atoms with Crippen LogP contribution in [0.25, 0.3) is 6.08 Å². The van der Waals surface area contributed by atoms with E-state index in [2.05, 4.69) is 0 Å². The zero-order chi connectivity index (χ0) is 18.4. The summed E-state index contributed by atoms with van der Waals surface area (Å²) in [6.07, 6.45) is 3.12. The molecule has 0 N–H and O–H groups in total. The summed E-state index contributed by atoms with van der Waals surface area (Å²) in [7, 11) is 4.38. The molecular weight excluding hydrogens is 366 g/mol. The third kappa shape index (κ3) is 4.83. The third-order valence-electron chi connectivity index (χ3n) is 3.72. The van der Waals surface area contributed by atoms with E-state index in [1.165, 1.54) is 39.2 Å². The van der Waals surface area contributed by atoms with Crippen molar-refractivity contribution in [2.24, 2.45) is 0 Å². The van der Waals surface area contributed by atoms with Crippen LogP contribution in [0, 0.1) is 0 Å². The van der Waals surface area contributed by atoms with Crippen LogP contribution in [0.3, 0.4) is 0 Å². The van der Waals surface area contributed by atoms with E-state index in [0.717, 1.165) is 0 Å². The predicted molar refractivity (Wildman–Crippen MR) is 98.4 cm³/mol. The number of hydrogen-bond acceptors (Lipinski definition) is 6. The summed E-state index contributed by atoms with van der Waals surface area (Å²) in [5.74, 6) is 1.16. The molecule has 1 saturated heterocycles. The molecule has 0 unspecified atom stereocenters. The second kappa shape index (κ2) is 9.01. The molecule has 2 rings (SSSR count). The van der Waals surface area contributed by atoms with Crippen LogP contribution < -0.4 is 9.47 Å². The molecule has 1 aliphatic rings. The summed E-state index contributed by atoms with van der Waals surface area (Å²) in [5, 5.41) is 0.0562. The van der Waals surface area contributed by atoms with Gasteiger partial charge < -0.3 is 19.1 Å². The van der Waals surface area contributed by atoms with E-state index in [4.69, 9.17) is 25.8 Å². The molecule has 136 valence electrons. The van der Waals surface area contributed by atoms with Gasteiger partial charge in [0.2, 0.25) is 5.91 Å². The molecule has 0 aromatic heterocycles. The fourth-order valence-electron chi connectivity index (χ4n) is 2.43. The average Bonchev–Trinajstić information content (AvgIpc) is 2.64. The smallest absolute Gasteiger partial charge is 0.320 e. The van der Waals surface area contributed by atoms with Crippen molar-refractivity contribution in [2.75, 3.05) is 40.2 Å². The number of halogens is 1. The van der Waals surface area contributed by atoms with Crippen molar-refractivity contribution >= 4 is 41.3 Å². The van der Waals surface area contributed by atoms with Gasteiger partial charge in [0.15, 0.2) is 11.5 Å². The molecule has 0 saturated carbocycles. The lowest BCUT2D eigenvalue weighted by molar-refractivity contribution is -0.140. The number of carbonyl (C=O) groups is 2. The number of ether oxygens (including phenoxy) is 3. The van der Waals surface area contributed by atoms with Gasteiger partial charge in [0, 0.05) is 24.9 Å². The normalized spacial score (nSPS) is 17.4. The molecule has 1 aromatic carbocycles. The highest BCUT2D eigenvalue weighted by atomic mass is 35.5. The lowest BCUT2D eigenvalue weighted by Crippen LogP contribution is -2.44. The van der Waals surface area contributed by atoms with E-state index < -0.39 is 0 Å². The fraction of sp³-hybridized carbons (Fsp3) is 0.412. The third-order valence-corrected chi connectivity index (χ3v) is 5.16. The lowest BCUT2D eigenvalue weighted by atomic mass is 10.1. The largest absolute Gasteiger partial charge is 0.493 e. The second-order valence-corrected chi connectivity index (χ2v) is 6.96. The van der Waals surface area contributed by atoms with Crippen LogP contribution in [-0.2, 0) is 14.3 Å². The van der Waals surface area contributed by atoms with Crippen molar-refractivity contribution in [1.82, 2.24) is 4.90 Å². The van der Waals surface area contributed by atoms with Gasteiger partial charge in [-0.25, -0.2) is 0 Å². The summed E-state index contributed by atoms with van der Waals surface area (Å²) in [6, 6.07) is 3.42. The molecule has 1 aromatic rings. The summed E-state index contributed by atoms with van der Waals surface area (Å²) in [6.45, 7) is 0.932. The first-order valence-electron chi connectivity index (χ1n) is 7.58. The van der Waals surface area contributed by atoms with E-state index >= 15 is 0 Å². The van der Waals surface area contributed by atoms with Crippen molar-refractivity contribution in [3.63, 3.8) is 0 Å². The zero-order valence-corrected chi connectivity index (χ0v) is 15.9. The molecule has 0 aliphatic carbocycles. The molecule has 25 heavy (non-hydrogen) atoms. The number of nitrogens with zero attached hydrogens (tertiary/aromatic N) is 1. The molecule has 1 atom stereocenters. The van der Waals surface area contributed by atoms with E-state index in [0.29, 0.717) is 40.9 Å². The van der Waals surface area contributed by atoms with Crippen LogP contribution in [-0.4, -0.2) is 62.2 Å². The topological polar surface area (TPSA) is 65.1 Å². The number of thioether (sulfide) groups is 1. The highest BCUT2D eigenvalue weighted by Gasteiger charge is 2.28. The Kier molecular flexibility index (Phi) is 7.01. The Morgan fingerprint density at radius 2 is 2.04 bits per heavy atom. The Morgan fingerprint density at radius 1 is 1.28 bits per heavy atom. The van der Waals surface area contributed by atoms with E-state index in [1.54, 1.807) is 23.1 Å². The first kappa shape index (κ1) is 19.5. The quantitative estimate of drug-likeness (QED) is 0.573. The Hall–Kier alpha value is -1.86. The fourth-order valence-corrected chi connectivity index (χ4v) is 3.85. The SMILES string of the molecule is COC(=O)[C@@H]1CN(C(=O)/C=C/c2cc(Cl)c(OC)c(OC)c2)CCS1.